The number of rotatable bonds is 10. The first kappa shape index (κ1) is 30.0. The monoisotopic (exact) mass is 618 g/mol. The molecule has 43 heavy (non-hydrogen) atoms. The highest BCUT2D eigenvalue weighted by molar-refractivity contribution is 7.90. The molecule has 1 saturated carbocycles. The molecule has 1 aromatic carbocycles. The molecule has 2 fully saturated rings. The van der Waals surface area contributed by atoms with Crippen molar-refractivity contribution >= 4 is 50.6 Å². The molecule has 2 aromatic heterocycles. The van der Waals surface area contributed by atoms with Gasteiger partial charge in [-0.25, -0.2) is 13.4 Å². The number of sulfonamides is 1. The van der Waals surface area contributed by atoms with Gasteiger partial charge in [0, 0.05) is 43.8 Å². The molecule has 16 heteroatoms. The summed E-state index contributed by atoms with van der Waals surface area (Å²) >= 11 is 0. The first-order chi connectivity index (χ1) is 20.5. The van der Waals surface area contributed by atoms with E-state index < -0.39 is 33.5 Å². The van der Waals surface area contributed by atoms with Crippen LogP contribution in [0.2, 0.25) is 0 Å². The van der Waals surface area contributed by atoms with Gasteiger partial charge in [0.05, 0.1) is 12.4 Å². The maximum Gasteiger partial charge on any atom is 0.421 e. The van der Waals surface area contributed by atoms with Gasteiger partial charge in [0.15, 0.2) is 0 Å². The molecule has 1 aliphatic heterocycles. The fourth-order valence-electron chi connectivity index (χ4n) is 4.48. The van der Waals surface area contributed by atoms with Crippen molar-refractivity contribution in [2.75, 3.05) is 54.1 Å². The Morgan fingerprint density at radius 2 is 1.79 bits per heavy atom. The molecule has 1 saturated heterocycles. The predicted molar refractivity (Wildman–Crippen MR) is 155 cm³/mol. The van der Waals surface area contributed by atoms with Gasteiger partial charge < -0.3 is 25.6 Å². The van der Waals surface area contributed by atoms with Crippen molar-refractivity contribution in [3.63, 3.8) is 0 Å². The van der Waals surface area contributed by atoms with Crippen LogP contribution in [0.3, 0.4) is 0 Å². The number of halogens is 3. The SMILES string of the molecule is C=CC(=O)Nc1cccc(Nc2nc(Nc3ccc(N4CCN(S(=O)(=O)C5CC5)CC4)nc3OC)ncc2C(F)(F)F)c1. The first-order valence-electron chi connectivity index (χ1n) is 13.3. The molecule has 228 valence electrons. The molecule has 0 radical (unpaired) electrons. The molecule has 3 aromatic rings. The quantitative estimate of drug-likeness (QED) is 0.284. The zero-order valence-corrected chi connectivity index (χ0v) is 23.9. The number of aromatic nitrogens is 3. The van der Waals surface area contributed by atoms with E-state index in [2.05, 4.69) is 37.5 Å². The summed E-state index contributed by atoms with van der Waals surface area (Å²) in [5.74, 6) is -0.434. The summed E-state index contributed by atoms with van der Waals surface area (Å²) in [7, 11) is -1.85. The van der Waals surface area contributed by atoms with Crippen LogP contribution < -0.4 is 25.6 Å². The standard InChI is InChI=1S/C27H29F3N8O4S/c1-3-23(39)32-17-5-4-6-18(15-17)33-24-20(27(28,29)30)16-31-26(36-24)34-21-9-10-22(35-25(21)42-2)37-11-13-38(14-12-37)43(40,41)19-7-8-19/h3-6,9-10,15-16,19H,1,7-8,11-14H2,2H3,(H,32,39)(H2,31,33,34,36). The van der Waals surface area contributed by atoms with Crippen molar-refractivity contribution < 1.29 is 31.1 Å². The second kappa shape index (κ2) is 12.0. The number of hydrogen-bond acceptors (Lipinski definition) is 10. The van der Waals surface area contributed by atoms with E-state index in [-0.39, 0.29) is 22.8 Å². The van der Waals surface area contributed by atoms with E-state index >= 15 is 0 Å². The first-order valence-corrected chi connectivity index (χ1v) is 14.8. The number of amides is 1. The van der Waals surface area contributed by atoms with E-state index in [4.69, 9.17) is 4.74 Å². The van der Waals surface area contributed by atoms with Gasteiger partial charge in [0.2, 0.25) is 27.8 Å². The number of pyridine rings is 1. The number of benzene rings is 1. The second-order valence-corrected chi connectivity index (χ2v) is 12.0. The average Bonchev–Trinajstić information content (AvgIpc) is 3.84. The van der Waals surface area contributed by atoms with Crippen molar-refractivity contribution in [3.05, 3.63) is 60.8 Å². The molecule has 1 amide bonds. The van der Waals surface area contributed by atoms with Crippen LogP contribution in [0.1, 0.15) is 18.4 Å². The van der Waals surface area contributed by atoms with E-state index in [1.807, 2.05) is 4.90 Å². The van der Waals surface area contributed by atoms with Crippen molar-refractivity contribution in [2.24, 2.45) is 0 Å². The van der Waals surface area contributed by atoms with Crippen molar-refractivity contribution in [3.8, 4) is 5.88 Å². The maximum absolute atomic E-state index is 13.8. The summed E-state index contributed by atoms with van der Waals surface area (Å²) in [6, 6.07) is 9.42. The molecule has 0 spiro atoms. The Labute approximate surface area is 246 Å². The highest BCUT2D eigenvalue weighted by Crippen LogP contribution is 2.37. The number of nitrogens with zero attached hydrogens (tertiary/aromatic N) is 5. The molecule has 2 aliphatic rings. The van der Waals surface area contributed by atoms with E-state index in [1.54, 1.807) is 24.3 Å². The lowest BCUT2D eigenvalue weighted by molar-refractivity contribution is -0.137. The third-order valence-corrected chi connectivity index (χ3v) is 9.22. The van der Waals surface area contributed by atoms with Crippen LogP contribution in [0, 0.1) is 0 Å². The molecule has 0 unspecified atom stereocenters. The smallest absolute Gasteiger partial charge is 0.421 e. The number of anilines is 6. The summed E-state index contributed by atoms with van der Waals surface area (Å²) in [6.45, 7) is 4.97. The molecule has 0 atom stereocenters. The van der Waals surface area contributed by atoms with Crippen LogP contribution >= 0.6 is 0 Å². The number of ether oxygens (including phenoxy) is 1. The Bertz CT molecular complexity index is 1620. The number of hydrogen-bond donors (Lipinski definition) is 3. The van der Waals surface area contributed by atoms with Crippen LogP contribution in [-0.4, -0.2) is 72.1 Å². The van der Waals surface area contributed by atoms with E-state index in [0.717, 1.165) is 6.08 Å². The lowest BCUT2D eigenvalue weighted by atomic mass is 10.2. The Morgan fingerprint density at radius 3 is 2.44 bits per heavy atom. The van der Waals surface area contributed by atoms with Gasteiger partial charge in [0.1, 0.15) is 22.9 Å². The van der Waals surface area contributed by atoms with Crippen molar-refractivity contribution in [2.45, 2.75) is 24.3 Å². The fraction of sp³-hybridized carbons (Fsp3) is 0.333. The normalized spacial score (nSPS) is 16.0. The van der Waals surface area contributed by atoms with E-state index in [1.165, 1.54) is 23.5 Å². The number of carbonyl (C=O) groups excluding carboxylic acids is 1. The lowest BCUT2D eigenvalue weighted by Gasteiger charge is -2.34. The third kappa shape index (κ3) is 6.97. The van der Waals surface area contributed by atoms with Gasteiger partial charge >= 0.3 is 6.18 Å². The van der Waals surface area contributed by atoms with Crippen LogP contribution in [0.15, 0.2) is 55.3 Å². The minimum Gasteiger partial charge on any atom is -0.479 e. The Hall–Kier alpha value is -4.44. The van der Waals surface area contributed by atoms with Crippen molar-refractivity contribution in [1.82, 2.24) is 19.3 Å². The summed E-state index contributed by atoms with van der Waals surface area (Å²) in [4.78, 5) is 26.0. The molecule has 5 rings (SSSR count). The molecular weight excluding hydrogens is 589 g/mol. The molecule has 1 aliphatic carbocycles. The van der Waals surface area contributed by atoms with E-state index in [9.17, 15) is 26.4 Å². The van der Waals surface area contributed by atoms with Gasteiger partial charge in [-0.3, -0.25) is 4.79 Å². The number of nitrogens with one attached hydrogen (secondary N) is 3. The maximum atomic E-state index is 13.8. The number of alkyl halides is 3. The minimum atomic E-state index is -4.75. The lowest BCUT2D eigenvalue weighted by Crippen LogP contribution is -2.49. The largest absolute Gasteiger partial charge is 0.479 e. The summed E-state index contributed by atoms with van der Waals surface area (Å²) in [5.41, 5.74) is -0.203. The van der Waals surface area contributed by atoms with Crippen LogP contribution in [0.5, 0.6) is 5.88 Å². The fourth-order valence-corrected chi connectivity index (χ4v) is 6.30. The second-order valence-electron chi connectivity index (χ2n) is 9.83. The van der Waals surface area contributed by atoms with Crippen molar-refractivity contribution in [1.29, 1.82) is 0 Å². The van der Waals surface area contributed by atoms with Crippen LogP contribution in [0.4, 0.5) is 47.8 Å². The van der Waals surface area contributed by atoms with Gasteiger partial charge in [0.25, 0.3) is 0 Å². The highest BCUT2D eigenvalue weighted by atomic mass is 32.2. The molecule has 12 nitrogen and oxygen atoms in total. The number of piperazine rings is 1. The van der Waals surface area contributed by atoms with Crippen LogP contribution in [-0.2, 0) is 21.0 Å². The topological polar surface area (TPSA) is 142 Å². The Balaban J connectivity index is 1.33. The zero-order valence-electron chi connectivity index (χ0n) is 23.1. The summed E-state index contributed by atoms with van der Waals surface area (Å²) in [5, 5.41) is 7.79. The molecule has 3 N–H and O–H groups in total. The number of carbonyl (C=O) groups is 1. The Morgan fingerprint density at radius 1 is 1.07 bits per heavy atom. The molecule has 0 bridgehead atoms. The Kier molecular flexibility index (Phi) is 8.41. The molecule has 3 heterocycles. The summed E-state index contributed by atoms with van der Waals surface area (Å²) in [6.07, 6.45) is -1.61. The van der Waals surface area contributed by atoms with Gasteiger partial charge in [-0.1, -0.05) is 12.6 Å². The zero-order chi connectivity index (χ0) is 30.8. The van der Waals surface area contributed by atoms with E-state index in [0.29, 0.717) is 62.4 Å². The highest BCUT2D eigenvalue weighted by Gasteiger charge is 2.41. The average molecular weight is 619 g/mol. The molecular formula is C27H29F3N8O4S. The third-order valence-electron chi connectivity index (χ3n) is 6.83. The minimum absolute atomic E-state index is 0.147. The van der Waals surface area contributed by atoms with Gasteiger partial charge in [-0.2, -0.15) is 27.4 Å². The summed E-state index contributed by atoms with van der Waals surface area (Å²) < 4.78 is 73.4. The van der Waals surface area contributed by atoms with Crippen LogP contribution in [0.25, 0.3) is 0 Å². The van der Waals surface area contributed by atoms with Gasteiger partial charge in [-0.15, -0.1) is 0 Å². The number of methoxy groups -OCH3 is 1. The van der Waals surface area contributed by atoms with Gasteiger partial charge in [-0.05, 0) is 49.2 Å². The predicted octanol–water partition coefficient (Wildman–Crippen LogP) is 4.12.